The van der Waals surface area contributed by atoms with Gasteiger partial charge in [0.2, 0.25) is 0 Å². The second-order valence-corrected chi connectivity index (χ2v) is 7.96. The summed E-state index contributed by atoms with van der Waals surface area (Å²) in [5.74, 6) is -0.0733. The standard InChI is InChI=1S/C12H18BrNO3S/c1-12(2,3)17-6-7-18(15,16)11-5-4-9(13)8-10(11)14/h4-5,8H,6-7,14H2,1-3H3. The monoisotopic (exact) mass is 335 g/mol. The van der Waals surface area contributed by atoms with Gasteiger partial charge in [0, 0.05) is 4.47 Å². The van der Waals surface area contributed by atoms with E-state index in [1.165, 1.54) is 6.07 Å². The van der Waals surface area contributed by atoms with Crippen LogP contribution in [0.2, 0.25) is 0 Å². The zero-order valence-electron chi connectivity index (χ0n) is 10.7. The van der Waals surface area contributed by atoms with Crippen molar-refractivity contribution in [3.8, 4) is 0 Å². The van der Waals surface area contributed by atoms with E-state index in [-0.39, 0.29) is 28.5 Å². The maximum atomic E-state index is 12.1. The Morgan fingerprint density at radius 1 is 1.33 bits per heavy atom. The van der Waals surface area contributed by atoms with E-state index < -0.39 is 9.84 Å². The Labute approximate surface area is 117 Å². The van der Waals surface area contributed by atoms with Crippen LogP contribution in [0.25, 0.3) is 0 Å². The van der Waals surface area contributed by atoms with Gasteiger partial charge in [0.15, 0.2) is 9.84 Å². The van der Waals surface area contributed by atoms with E-state index in [1.807, 2.05) is 20.8 Å². The second kappa shape index (κ2) is 5.59. The number of hydrogen-bond donors (Lipinski definition) is 1. The molecule has 0 aliphatic rings. The number of nitrogens with two attached hydrogens (primary N) is 1. The zero-order chi connectivity index (χ0) is 14.0. The zero-order valence-corrected chi connectivity index (χ0v) is 13.1. The van der Waals surface area contributed by atoms with Crippen LogP contribution >= 0.6 is 15.9 Å². The average Bonchev–Trinajstić information content (AvgIpc) is 2.13. The molecule has 0 radical (unpaired) electrons. The van der Waals surface area contributed by atoms with Crippen molar-refractivity contribution in [1.82, 2.24) is 0 Å². The highest BCUT2D eigenvalue weighted by molar-refractivity contribution is 9.10. The van der Waals surface area contributed by atoms with E-state index in [0.29, 0.717) is 0 Å². The van der Waals surface area contributed by atoms with Crippen LogP contribution in [0.3, 0.4) is 0 Å². The highest BCUT2D eigenvalue weighted by atomic mass is 79.9. The molecule has 2 N–H and O–H groups in total. The quantitative estimate of drug-likeness (QED) is 0.858. The minimum atomic E-state index is -3.40. The lowest BCUT2D eigenvalue weighted by atomic mass is 10.2. The third kappa shape index (κ3) is 4.59. The van der Waals surface area contributed by atoms with Crippen molar-refractivity contribution in [3.05, 3.63) is 22.7 Å². The lowest BCUT2D eigenvalue weighted by Crippen LogP contribution is -2.24. The van der Waals surface area contributed by atoms with Crippen molar-refractivity contribution in [1.29, 1.82) is 0 Å². The molecular formula is C12H18BrNO3S. The number of rotatable bonds is 4. The van der Waals surface area contributed by atoms with E-state index in [2.05, 4.69) is 15.9 Å². The first-order valence-corrected chi connectivity index (χ1v) is 7.98. The predicted molar refractivity (Wildman–Crippen MR) is 76.3 cm³/mol. The van der Waals surface area contributed by atoms with Crippen LogP contribution in [0.4, 0.5) is 5.69 Å². The molecule has 102 valence electrons. The molecular weight excluding hydrogens is 318 g/mol. The SMILES string of the molecule is CC(C)(C)OCCS(=O)(=O)c1ccc(Br)cc1N. The molecule has 0 fully saturated rings. The van der Waals surface area contributed by atoms with Crippen LogP contribution in [0.15, 0.2) is 27.6 Å². The highest BCUT2D eigenvalue weighted by Gasteiger charge is 2.19. The molecule has 0 aliphatic carbocycles. The minimum absolute atomic E-state index is 0.0733. The van der Waals surface area contributed by atoms with Crippen molar-refractivity contribution < 1.29 is 13.2 Å². The van der Waals surface area contributed by atoms with Crippen molar-refractivity contribution in [3.63, 3.8) is 0 Å². The van der Waals surface area contributed by atoms with E-state index in [0.717, 1.165) is 4.47 Å². The van der Waals surface area contributed by atoms with Crippen LogP contribution < -0.4 is 5.73 Å². The molecule has 0 bridgehead atoms. The number of ether oxygens (including phenoxy) is 1. The van der Waals surface area contributed by atoms with Gasteiger partial charge in [0.1, 0.15) is 0 Å². The molecule has 1 aromatic rings. The van der Waals surface area contributed by atoms with Crippen LogP contribution in [-0.2, 0) is 14.6 Å². The normalized spacial score (nSPS) is 12.7. The smallest absolute Gasteiger partial charge is 0.182 e. The van der Waals surface area contributed by atoms with Gasteiger partial charge in [-0.1, -0.05) is 15.9 Å². The summed E-state index contributed by atoms with van der Waals surface area (Å²) < 4.78 is 30.3. The van der Waals surface area contributed by atoms with Crippen LogP contribution in [-0.4, -0.2) is 26.4 Å². The minimum Gasteiger partial charge on any atom is -0.398 e. The molecule has 18 heavy (non-hydrogen) atoms. The lowest BCUT2D eigenvalue weighted by Gasteiger charge is -2.19. The molecule has 1 aromatic carbocycles. The summed E-state index contributed by atoms with van der Waals surface area (Å²) in [6.07, 6.45) is 0. The van der Waals surface area contributed by atoms with Crippen molar-refractivity contribution in [2.24, 2.45) is 0 Å². The molecule has 0 amide bonds. The summed E-state index contributed by atoms with van der Waals surface area (Å²) in [7, 11) is -3.40. The third-order valence-corrected chi connectivity index (χ3v) is 4.43. The van der Waals surface area contributed by atoms with Crippen LogP contribution in [0.1, 0.15) is 20.8 Å². The maximum Gasteiger partial charge on any atom is 0.182 e. The molecule has 0 aromatic heterocycles. The fourth-order valence-electron chi connectivity index (χ4n) is 1.37. The molecule has 0 unspecified atom stereocenters. The van der Waals surface area contributed by atoms with E-state index in [9.17, 15) is 8.42 Å². The van der Waals surface area contributed by atoms with Gasteiger partial charge in [-0.15, -0.1) is 0 Å². The highest BCUT2D eigenvalue weighted by Crippen LogP contribution is 2.23. The van der Waals surface area contributed by atoms with Gasteiger partial charge in [-0.25, -0.2) is 8.42 Å². The Morgan fingerprint density at radius 3 is 2.44 bits per heavy atom. The van der Waals surface area contributed by atoms with E-state index in [4.69, 9.17) is 10.5 Å². The van der Waals surface area contributed by atoms with Gasteiger partial charge < -0.3 is 10.5 Å². The molecule has 0 saturated carbocycles. The summed E-state index contributed by atoms with van der Waals surface area (Å²) in [5, 5.41) is 0. The van der Waals surface area contributed by atoms with Gasteiger partial charge in [0.05, 0.1) is 28.5 Å². The van der Waals surface area contributed by atoms with Gasteiger partial charge in [-0.05, 0) is 39.0 Å². The summed E-state index contributed by atoms with van der Waals surface area (Å²) in [4.78, 5) is 0.156. The number of nitrogen functional groups attached to an aromatic ring is 1. The molecule has 6 heteroatoms. The van der Waals surface area contributed by atoms with Crippen LogP contribution in [0.5, 0.6) is 0 Å². The Hall–Kier alpha value is -0.590. The molecule has 4 nitrogen and oxygen atoms in total. The summed E-state index contributed by atoms with van der Waals surface area (Å²) in [5.41, 5.74) is 5.62. The Kier molecular flexibility index (Phi) is 4.80. The van der Waals surface area contributed by atoms with E-state index >= 15 is 0 Å². The molecule has 1 rings (SSSR count). The Morgan fingerprint density at radius 2 is 1.94 bits per heavy atom. The van der Waals surface area contributed by atoms with Gasteiger partial charge in [-0.3, -0.25) is 0 Å². The Bertz CT molecular complexity index is 521. The van der Waals surface area contributed by atoms with E-state index in [1.54, 1.807) is 12.1 Å². The van der Waals surface area contributed by atoms with Gasteiger partial charge in [0.25, 0.3) is 0 Å². The number of benzene rings is 1. The van der Waals surface area contributed by atoms with Crippen molar-refractivity contribution >= 4 is 31.5 Å². The number of anilines is 1. The first-order valence-electron chi connectivity index (χ1n) is 5.53. The largest absolute Gasteiger partial charge is 0.398 e. The molecule has 0 aliphatic heterocycles. The van der Waals surface area contributed by atoms with Crippen LogP contribution in [0, 0.1) is 0 Å². The molecule has 0 saturated heterocycles. The molecule has 0 spiro atoms. The second-order valence-electron chi connectivity index (χ2n) is 4.96. The van der Waals surface area contributed by atoms with Gasteiger partial charge >= 0.3 is 0 Å². The topological polar surface area (TPSA) is 69.4 Å². The fraction of sp³-hybridized carbons (Fsp3) is 0.500. The third-order valence-electron chi connectivity index (χ3n) is 2.19. The number of sulfone groups is 1. The molecule has 0 atom stereocenters. The first-order chi connectivity index (χ1) is 8.12. The summed E-state index contributed by atoms with van der Waals surface area (Å²) in [6, 6.07) is 4.75. The fourth-order valence-corrected chi connectivity index (χ4v) is 2.96. The summed E-state index contributed by atoms with van der Waals surface area (Å²) in [6.45, 7) is 5.80. The summed E-state index contributed by atoms with van der Waals surface area (Å²) >= 11 is 3.24. The number of hydrogen-bond acceptors (Lipinski definition) is 4. The predicted octanol–water partition coefficient (Wildman–Crippen LogP) is 2.62. The Balaban J connectivity index is 2.81. The van der Waals surface area contributed by atoms with Crippen molar-refractivity contribution in [2.45, 2.75) is 31.3 Å². The van der Waals surface area contributed by atoms with Gasteiger partial charge in [-0.2, -0.15) is 0 Å². The molecule has 0 heterocycles. The maximum absolute atomic E-state index is 12.1. The average molecular weight is 336 g/mol. The lowest BCUT2D eigenvalue weighted by molar-refractivity contribution is 0.00645. The first kappa shape index (κ1) is 15.5. The van der Waals surface area contributed by atoms with Crippen molar-refractivity contribution in [2.75, 3.05) is 18.1 Å². The number of halogens is 1.